The van der Waals surface area contributed by atoms with Crippen LogP contribution < -0.4 is 24.2 Å². The van der Waals surface area contributed by atoms with Crippen molar-refractivity contribution in [2.75, 3.05) is 6.54 Å². The Morgan fingerprint density at radius 2 is 2.43 bits per heavy atom. The normalized spacial score (nSPS) is 30.7. The molecule has 1 rings (SSSR count). The predicted molar refractivity (Wildman–Crippen MR) is 21.8 cm³/mol. The van der Waals surface area contributed by atoms with Gasteiger partial charge in [0, 0.05) is 6.54 Å². The molecule has 0 radical (unpaired) electrons. The van der Waals surface area contributed by atoms with Crippen molar-refractivity contribution >= 4 is 11.1 Å². The van der Waals surface area contributed by atoms with Gasteiger partial charge in [-0.1, -0.05) is 0 Å². The van der Waals surface area contributed by atoms with Gasteiger partial charge in [-0.15, -0.1) is 0 Å². The molecule has 0 aromatic carbocycles. The second kappa shape index (κ2) is 2.85. The van der Waals surface area contributed by atoms with Crippen LogP contribution >= 0.6 is 0 Å². The molecule has 1 aliphatic heterocycles. The van der Waals surface area contributed by atoms with E-state index in [1.54, 1.807) is 0 Å². The van der Waals surface area contributed by atoms with E-state index in [-0.39, 0.29) is 25.7 Å². The molecule has 7 heavy (non-hydrogen) atoms. The minimum atomic E-state index is -1.87. The van der Waals surface area contributed by atoms with Gasteiger partial charge in [0.15, 0.2) is 0 Å². The average molecular weight is 114 g/mol. The summed E-state index contributed by atoms with van der Waals surface area (Å²) in [5, 5.41) is 2.39. The van der Waals surface area contributed by atoms with Crippen LogP contribution in [0.1, 0.15) is 1.43 Å². The van der Waals surface area contributed by atoms with Gasteiger partial charge in [0.25, 0.3) is 0 Å². The summed E-state index contributed by atoms with van der Waals surface area (Å²) in [5.41, 5.74) is 0. The van der Waals surface area contributed by atoms with Crippen LogP contribution in [-0.2, 0) is 11.1 Å². The molecule has 0 spiro atoms. The van der Waals surface area contributed by atoms with E-state index >= 15 is 0 Å². The van der Waals surface area contributed by atoms with E-state index in [9.17, 15) is 8.76 Å². The topological polar surface area (TPSA) is 62.1 Å². The second-order valence-corrected chi connectivity index (χ2v) is 2.25. The molecule has 5 heteroatoms. The van der Waals surface area contributed by atoms with Crippen molar-refractivity contribution in [2.24, 2.45) is 0 Å². The maximum absolute atomic E-state index is 9.70. The minimum absolute atomic E-state index is 0. The van der Waals surface area contributed by atoms with E-state index in [1.807, 2.05) is 0 Å². The van der Waals surface area contributed by atoms with Gasteiger partial charge >= 0.3 is 18.9 Å². The number of rotatable bonds is 1. The monoisotopic (exact) mass is 114 g/mol. The zero-order chi connectivity index (χ0) is 4.57. The van der Waals surface area contributed by atoms with Crippen LogP contribution in [0.4, 0.5) is 0 Å². The average Bonchev–Trinajstić information content (AvgIpc) is 2.06. The summed E-state index contributed by atoms with van der Waals surface area (Å²) < 4.78 is 19.4. The summed E-state index contributed by atoms with van der Waals surface area (Å²) >= 11 is -1.87. The zero-order valence-electron chi connectivity index (χ0n) is 5.01. The Morgan fingerprint density at radius 1 is 2.00 bits per heavy atom. The first-order valence-electron chi connectivity index (χ1n) is 1.62. The van der Waals surface area contributed by atoms with Crippen LogP contribution in [0.15, 0.2) is 0 Å². The Labute approximate surface area is 57.8 Å². The Morgan fingerprint density at radius 3 is 2.43 bits per heavy atom. The summed E-state index contributed by atoms with van der Waals surface area (Å²) in [6.45, 7) is 0.635. The largest absolute Gasteiger partial charge is 1.00 e. The molecule has 0 aromatic heterocycles. The minimum Gasteiger partial charge on any atom is -1.00 e. The fraction of sp³-hybridized carbons (Fsp3) is 1.00. The maximum Gasteiger partial charge on any atom is 1.00 e. The molecule has 38 valence electrons. The van der Waals surface area contributed by atoms with E-state index < -0.39 is 11.1 Å². The Balaban J connectivity index is 0. The first-order chi connectivity index (χ1) is 2.80. The summed E-state index contributed by atoms with van der Waals surface area (Å²) in [4.78, 5) is 0. The second-order valence-electron chi connectivity index (χ2n) is 1.16. The molecule has 3 nitrogen and oxygen atoms in total. The van der Waals surface area contributed by atoms with Gasteiger partial charge in [-0.05, 0) is 11.1 Å². The quantitative estimate of drug-likeness (QED) is 0.214. The number of hydrogen-bond donors (Lipinski definition) is 1. The van der Waals surface area contributed by atoms with Crippen LogP contribution in [0.25, 0.3) is 0 Å². The Hall–Kier alpha value is 0.667. The van der Waals surface area contributed by atoms with Crippen LogP contribution in [0.3, 0.4) is 0 Å². The van der Waals surface area contributed by atoms with E-state index in [0.29, 0.717) is 6.54 Å². The van der Waals surface area contributed by atoms with Gasteiger partial charge in [0.1, 0.15) is 0 Å². The number of hydrogen-bond acceptors (Lipinski definition) is 3. The third-order valence-corrected chi connectivity index (χ3v) is 1.40. The molecule has 0 amide bonds. The molecule has 1 N–H and O–H groups in total. The van der Waals surface area contributed by atoms with Crippen molar-refractivity contribution in [1.82, 2.24) is 5.32 Å². The zero-order valence-corrected chi connectivity index (χ0v) is 4.83. The first kappa shape index (κ1) is 7.67. The summed E-state index contributed by atoms with van der Waals surface area (Å²) in [6.07, 6.45) is 0. The fourth-order valence-corrected chi connectivity index (χ4v) is 0.553. The molecule has 2 atom stereocenters. The first-order valence-corrected chi connectivity index (χ1v) is 2.76. The van der Waals surface area contributed by atoms with Crippen LogP contribution in [-0.4, -0.2) is 20.7 Å². The third-order valence-electron chi connectivity index (χ3n) is 0.603. The molecular formula is C2H5LiNO2S-. The van der Waals surface area contributed by atoms with Gasteiger partial charge in [-0.25, -0.2) is 0 Å². The molecule has 1 heterocycles. The predicted octanol–water partition coefficient (Wildman–Crippen LogP) is -4.09. The van der Waals surface area contributed by atoms with Gasteiger partial charge in [0.2, 0.25) is 0 Å². The Kier molecular flexibility index (Phi) is 3.12. The molecule has 0 aromatic rings. The van der Waals surface area contributed by atoms with Crippen LogP contribution in [0, 0.1) is 0 Å². The molecule has 0 saturated carbocycles. The van der Waals surface area contributed by atoms with E-state index in [0.717, 1.165) is 0 Å². The molecule has 1 fully saturated rings. The third kappa shape index (κ3) is 2.47. The van der Waals surface area contributed by atoms with Gasteiger partial charge < -0.3 is 11.3 Å². The Bertz CT molecular complexity index is 88.1. The fourth-order valence-electron chi connectivity index (χ4n) is 0.184. The molecule has 1 aliphatic rings. The van der Waals surface area contributed by atoms with Gasteiger partial charge in [-0.3, -0.25) is 4.21 Å². The van der Waals surface area contributed by atoms with Gasteiger partial charge in [-0.2, -0.15) is 0 Å². The molecular weight excluding hydrogens is 109 g/mol. The molecule has 0 bridgehead atoms. The van der Waals surface area contributed by atoms with Crippen molar-refractivity contribution < 1.29 is 29.0 Å². The van der Waals surface area contributed by atoms with Crippen molar-refractivity contribution in [1.29, 1.82) is 0 Å². The van der Waals surface area contributed by atoms with Crippen LogP contribution in [0.2, 0.25) is 0 Å². The molecule has 2 unspecified atom stereocenters. The summed E-state index contributed by atoms with van der Waals surface area (Å²) in [7, 11) is 0. The van der Waals surface area contributed by atoms with Crippen molar-refractivity contribution in [3.8, 4) is 0 Å². The molecule has 0 aliphatic carbocycles. The standard InChI is InChI=1S/C2H5NO2S.Li.H/c4-6(5)2-1-3-2;;/h2-3H,1H2,(H,4,5);;/q;+1;-1/p-1. The summed E-state index contributed by atoms with van der Waals surface area (Å²) in [6, 6.07) is 0. The smallest absolute Gasteiger partial charge is 1.00 e. The van der Waals surface area contributed by atoms with Gasteiger partial charge in [0.05, 0.1) is 5.37 Å². The van der Waals surface area contributed by atoms with Crippen molar-refractivity contribution in [3.63, 3.8) is 0 Å². The SMILES string of the molecule is O=S([O-])C1CN1.[H-].[Li+]. The van der Waals surface area contributed by atoms with Crippen LogP contribution in [0.5, 0.6) is 0 Å². The maximum atomic E-state index is 9.70. The number of nitrogens with one attached hydrogen (secondary N) is 1. The van der Waals surface area contributed by atoms with Crippen molar-refractivity contribution in [2.45, 2.75) is 5.37 Å². The van der Waals surface area contributed by atoms with Crippen molar-refractivity contribution in [3.05, 3.63) is 0 Å². The summed E-state index contributed by atoms with van der Waals surface area (Å²) in [5.74, 6) is 0. The van der Waals surface area contributed by atoms with E-state index in [4.69, 9.17) is 0 Å². The molecule has 1 saturated heterocycles. The van der Waals surface area contributed by atoms with E-state index in [2.05, 4.69) is 5.32 Å². The van der Waals surface area contributed by atoms with E-state index in [1.165, 1.54) is 0 Å².